The number of carbonyl (C=O) groups excluding carboxylic acids is 2. The molecule has 0 aliphatic heterocycles. The molecule has 0 aliphatic rings. The van der Waals surface area contributed by atoms with Crippen LogP contribution >= 0.6 is 23.7 Å². The van der Waals surface area contributed by atoms with Crippen molar-refractivity contribution in [1.82, 2.24) is 4.98 Å². The number of hydrogen-bond acceptors (Lipinski definition) is 10. The maximum atomic E-state index is 12.9. The van der Waals surface area contributed by atoms with Gasteiger partial charge in [0, 0.05) is 0 Å². The number of benzene rings is 1. The zero-order valence-corrected chi connectivity index (χ0v) is 21.4. The predicted molar refractivity (Wildman–Crippen MR) is 130 cm³/mol. The summed E-state index contributed by atoms with van der Waals surface area (Å²) in [6, 6.07) is 10.8. The van der Waals surface area contributed by atoms with Crippen LogP contribution in [0.2, 0.25) is 0 Å². The van der Waals surface area contributed by atoms with Gasteiger partial charge in [-0.05, 0) is 45.0 Å². The van der Waals surface area contributed by atoms with E-state index in [0.29, 0.717) is 10.2 Å². The number of esters is 2. The summed E-state index contributed by atoms with van der Waals surface area (Å²) < 4.78 is 41.4. The minimum Gasteiger partial charge on any atom is -0.479 e. The van der Waals surface area contributed by atoms with Gasteiger partial charge in [0.2, 0.25) is 0 Å². The fourth-order valence-corrected chi connectivity index (χ4v) is 5.24. The number of methoxy groups -OCH3 is 1. The number of halogens is 1. The van der Waals surface area contributed by atoms with Crippen LogP contribution in [0.5, 0.6) is 5.75 Å². The number of carbonyl (C=O) groups is 2. The highest BCUT2D eigenvalue weighted by atomic mass is 35.5. The van der Waals surface area contributed by atoms with Crippen molar-refractivity contribution in [2.45, 2.75) is 36.6 Å². The van der Waals surface area contributed by atoms with Gasteiger partial charge in [-0.2, -0.15) is 0 Å². The van der Waals surface area contributed by atoms with Crippen LogP contribution in [0.25, 0.3) is 10.2 Å². The van der Waals surface area contributed by atoms with E-state index in [-0.39, 0.29) is 33.6 Å². The summed E-state index contributed by atoms with van der Waals surface area (Å²) in [6.45, 7) is 4.74. The molecule has 0 amide bonds. The molecule has 1 unspecified atom stereocenters. The smallest absolute Gasteiger partial charge is 0.351 e. The average molecular weight is 529 g/mol. The van der Waals surface area contributed by atoms with Crippen molar-refractivity contribution >= 4 is 55.7 Å². The SMILES string of the molecule is COC(=O)c1sc2nc(C(N)S(=O)(=O)c3ccccc3)ccc2c1OCC(=O)OC(C)(C)C.Cl. The lowest BCUT2D eigenvalue weighted by atomic mass is 10.2. The topological polar surface area (TPSA) is 135 Å². The zero-order valence-electron chi connectivity index (χ0n) is 18.9. The minimum atomic E-state index is -3.89. The second-order valence-corrected chi connectivity index (χ2v) is 11.1. The fourth-order valence-electron chi connectivity index (χ4n) is 2.92. The molecular formula is C22H25ClN2O7S2. The van der Waals surface area contributed by atoms with Crippen LogP contribution in [-0.4, -0.2) is 44.7 Å². The van der Waals surface area contributed by atoms with Crippen LogP contribution in [0.15, 0.2) is 47.4 Å². The van der Waals surface area contributed by atoms with E-state index < -0.39 is 39.4 Å². The van der Waals surface area contributed by atoms with Crippen molar-refractivity contribution in [1.29, 1.82) is 0 Å². The summed E-state index contributed by atoms with van der Waals surface area (Å²) in [5.41, 5.74) is 5.46. The highest BCUT2D eigenvalue weighted by Crippen LogP contribution is 2.38. The third-order valence-electron chi connectivity index (χ3n) is 4.35. The highest BCUT2D eigenvalue weighted by Gasteiger charge is 2.29. The predicted octanol–water partition coefficient (Wildman–Crippen LogP) is 3.66. The summed E-state index contributed by atoms with van der Waals surface area (Å²) in [5, 5.41) is -1.00. The molecule has 184 valence electrons. The molecule has 3 aromatic rings. The van der Waals surface area contributed by atoms with E-state index in [9.17, 15) is 18.0 Å². The molecule has 3 rings (SSSR count). The molecule has 1 atom stereocenters. The lowest BCUT2D eigenvalue weighted by Crippen LogP contribution is -2.27. The standard InChI is InChI=1S/C22H24N2O7S2.ClH/c1-22(2,3)31-16(25)12-30-17-14-10-11-15(24-20(14)32-18(17)21(26)29-4)19(23)33(27,28)13-8-6-5-7-9-13;/h5-11,19H,12,23H2,1-4H3;1H. The van der Waals surface area contributed by atoms with Gasteiger partial charge < -0.3 is 19.9 Å². The zero-order chi connectivity index (χ0) is 24.4. The van der Waals surface area contributed by atoms with Crippen molar-refractivity contribution in [3.8, 4) is 5.75 Å². The summed E-state index contributed by atoms with van der Waals surface area (Å²) in [7, 11) is -2.67. The number of ether oxygens (including phenoxy) is 3. The molecule has 12 heteroatoms. The van der Waals surface area contributed by atoms with Crippen LogP contribution < -0.4 is 10.5 Å². The molecule has 1 aromatic carbocycles. The van der Waals surface area contributed by atoms with Gasteiger partial charge in [0.15, 0.2) is 32.4 Å². The number of hydrogen-bond donors (Lipinski definition) is 1. The van der Waals surface area contributed by atoms with Gasteiger partial charge in [-0.1, -0.05) is 18.2 Å². The highest BCUT2D eigenvalue weighted by molar-refractivity contribution is 7.91. The molecule has 0 saturated carbocycles. The molecule has 34 heavy (non-hydrogen) atoms. The van der Waals surface area contributed by atoms with E-state index in [0.717, 1.165) is 11.3 Å². The minimum absolute atomic E-state index is 0. The van der Waals surface area contributed by atoms with Crippen molar-refractivity contribution in [2.75, 3.05) is 13.7 Å². The lowest BCUT2D eigenvalue weighted by molar-refractivity contribution is -0.157. The maximum Gasteiger partial charge on any atom is 0.351 e. The van der Waals surface area contributed by atoms with E-state index in [4.69, 9.17) is 19.9 Å². The third-order valence-corrected chi connectivity index (χ3v) is 7.25. The van der Waals surface area contributed by atoms with Gasteiger partial charge in [0.05, 0.1) is 23.1 Å². The van der Waals surface area contributed by atoms with Crippen LogP contribution in [0.1, 0.15) is 41.5 Å². The summed E-state index contributed by atoms with van der Waals surface area (Å²) in [6.07, 6.45) is 0. The first-order valence-electron chi connectivity index (χ1n) is 9.85. The number of aromatic nitrogens is 1. The number of nitrogens with two attached hydrogens (primary N) is 1. The largest absolute Gasteiger partial charge is 0.479 e. The van der Waals surface area contributed by atoms with E-state index in [1.807, 2.05) is 0 Å². The van der Waals surface area contributed by atoms with Crippen molar-refractivity contribution in [3.63, 3.8) is 0 Å². The Hall–Kier alpha value is -2.73. The number of thiophene rings is 1. The van der Waals surface area contributed by atoms with Crippen LogP contribution in [0, 0.1) is 0 Å². The molecular weight excluding hydrogens is 504 g/mol. The summed E-state index contributed by atoms with van der Waals surface area (Å²) in [4.78, 5) is 29.2. The quantitative estimate of drug-likeness (QED) is 0.455. The molecule has 0 aliphatic carbocycles. The molecule has 2 heterocycles. The molecule has 0 radical (unpaired) electrons. The Bertz CT molecular complexity index is 1290. The van der Waals surface area contributed by atoms with Gasteiger partial charge in [-0.15, -0.1) is 23.7 Å². The lowest BCUT2D eigenvalue weighted by Gasteiger charge is -2.19. The Morgan fingerprint density at radius 2 is 1.76 bits per heavy atom. The summed E-state index contributed by atoms with van der Waals surface area (Å²) >= 11 is 0.946. The molecule has 0 fully saturated rings. The molecule has 9 nitrogen and oxygen atoms in total. The average Bonchev–Trinajstić information content (AvgIpc) is 3.13. The number of rotatable bonds is 7. The Morgan fingerprint density at radius 1 is 1.12 bits per heavy atom. The monoisotopic (exact) mass is 528 g/mol. The van der Waals surface area contributed by atoms with Gasteiger partial charge in [-0.3, -0.25) is 0 Å². The van der Waals surface area contributed by atoms with Crippen molar-refractivity contribution in [3.05, 3.63) is 53.0 Å². The number of fused-ring (bicyclic) bond motifs is 1. The first kappa shape index (κ1) is 27.5. The molecule has 0 spiro atoms. The Kier molecular flexibility index (Phi) is 8.65. The van der Waals surface area contributed by atoms with Gasteiger partial charge in [0.25, 0.3) is 0 Å². The van der Waals surface area contributed by atoms with Crippen LogP contribution in [0.4, 0.5) is 0 Å². The maximum absolute atomic E-state index is 12.9. The Morgan fingerprint density at radius 3 is 2.35 bits per heavy atom. The van der Waals surface area contributed by atoms with Crippen LogP contribution in [0.3, 0.4) is 0 Å². The second-order valence-electron chi connectivity index (χ2n) is 7.99. The molecule has 2 aromatic heterocycles. The van der Waals surface area contributed by atoms with E-state index in [2.05, 4.69) is 4.98 Å². The fraction of sp³-hybridized carbons (Fsp3) is 0.318. The summed E-state index contributed by atoms with van der Waals surface area (Å²) in [5.74, 6) is -1.19. The number of pyridine rings is 1. The normalized spacial score (nSPS) is 12.5. The van der Waals surface area contributed by atoms with Crippen molar-refractivity contribution < 1.29 is 32.2 Å². The van der Waals surface area contributed by atoms with Gasteiger partial charge in [-0.25, -0.2) is 23.0 Å². The van der Waals surface area contributed by atoms with E-state index in [1.165, 1.54) is 25.3 Å². The first-order chi connectivity index (χ1) is 15.4. The number of sulfone groups is 1. The van der Waals surface area contributed by atoms with Crippen LogP contribution in [-0.2, 0) is 24.1 Å². The second kappa shape index (κ2) is 10.7. The first-order valence-corrected chi connectivity index (χ1v) is 12.2. The molecule has 0 saturated heterocycles. The van der Waals surface area contributed by atoms with E-state index in [1.54, 1.807) is 45.0 Å². The molecule has 0 bridgehead atoms. The van der Waals surface area contributed by atoms with E-state index >= 15 is 0 Å². The Balaban J connectivity index is 0.00000408. The van der Waals surface area contributed by atoms with Gasteiger partial charge >= 0.3 is 11.9 Å². The third kappa shape index (κ3) is 6.03. The number of nitrogens with zero attached hydrogens (tertiary/aromatic N) is 1. The van der Waals surface area contributed by atoms with Crippen molar-refractivity contribution in [2.24, 2.45) is 5.73 Å². The van der Waals surface area contributed by atoms with Gasteiger partial charge in [0.1, 0.15) is 10.4 Å². The Labute approximate surface area is 207 Å². The molecule has 2 N–H and O–H groups in total.